The van der Waals surface area contributed by atoms with E-state index in [1.165, 1.54) is 12.4 Å². The van der Waals surface area contributed by atoms with Crippen LogP contribution in [-0.2, 0) is 12.4 Å². The van der Waals surface area contributed by atoms with Gasteiger partial charge < -0.3 is 30.3 Å². The van der Waals surface area contributed by atoms with Crippen LogP contribution in [0.2, 0.25) is 0 Å². The van der Waals surface area contributed by atoms with Gasteiger partial charge in [0.15, 0.2) is 0 Å². The number of nitrogens with one attached hydrogen (secondary N) is 2. The first-order valence-corrected chi connectivity index (χ1v) is 17.6. The van der Waals surface area contributed by atoms with Crippen molar-refractivity contribution in [2.75, 3.05) is 24.4 Å². The second-order valence-corrected chi connectivity index (χ2v) is 12.8. The smallest absolute Gasteiger partial charge is 0.416 e. The minimum Gasteiger partial charge on any atom is -0.497 e. The molecule has 0 aliphatic rings. The molecule has 0 spiro atoms. The Morgan fingerprint density at radius 2 is 1.05 bits per heavy atom. The third kappa shape index (κ3) is 10.9. The zero-order valence-electron chi connectivity index (χ0n) is 31.8. The second kappa shape index (κ2) is 18.0. The summed E-state index contributed by atoms with van der Waals surface area (Å²) in [4.78, 5) is 31.7. The molecule has 59 heavy (non-hydrogen) atoms. The van der Waals surface area contributed by atoms with Gasteiger partial charge in [0, 0.05) is 11.1 Å². The van der Waals surface area contributed by atoms with Gasteiger partial charge in [-0.1, -0.05) is 24.3 Å². The first-order valence-electron chi connectivity index (χ1n) is 17.6. The number of halogens is 6. The molecule has 4 aromatic carbocycles. The molecule has 2 aromatic heterocycles. The van der Waals surface area contributed by atoms with Crippen LogP contribution in [0, 0.1) is 13.8 Å². The van der Waals surface area contributed by atoms with E-state index in [0.717, 1.165) is 46.5 Å². The van der Waals surface area contributed by atoms with Gasteiger partial charge in [-0.05, 0) is 105 Å². The summed E-state index contributed by atoms with van der Waals surface area (Å²) in [5, 5.41) is 24.3. The third-order valence-electron chi connectivity index (χ3n) is 8.63. The van der Waals surface area contributed by atoms with Crippen LogP contribution < -0.4 is 20.1 Å². The number of aryl methyl sites for hydroxylation is 2. The summed E-state index contributed by atoms with van der Waals surface area (Å²) in [6.45, 7) is 6.10. The normalized spacial score (nSPS) is 11.2. The number of methoxy groups -OCH3 is 1. The molecule has 4 N–H and O–H groups in total. The molecule has 306 valence electrons. The molecule has 10 nitrogen and oxygen atoms in total. The highest BCUT2D eigenvalue weighted by molar-refractivity contribution is 5.96. The van der Waals surface area contributed by atoms with Gasteiger partial charge >= 0.3 is 24.3 Å². The van der Waals surface area contributed by atoms with E-state index >= 15 is 0 Å². The fourth-order valence-corrected chi connectivity index (χ4v) is 5.88. The van der Waals surface area contributed by atoms with Crippen LogP contribution in [0.4, 0.5) is 49.1 Å². The quantitative estimate of drug-likeness (QED) is 0.0933. The van der Waals surface area contributed by atoms with Crippen molar-refractivity contribution in [1.29, 1.82) is 0 Å². The average molecular weight is 819 g/mol. The van der Waals surface area contributed by atoms with Gasteiger partial charge in [-0.15, -0.1) is 0 Å². The molecular weight excluding hydrogens is 782 g/mol. The van der Waals surface area contributed by atoms with Crippen molar-refractivity contribution in [3.05, 3.63) is 143 Å². The number of rotatable bonds is 11. The molecule has 0 aliphatic carbocycles. The monoisotopic (exact) mass is 818 g/mol. The number of ether oxygens (including phenoxy) is 2. The number of hydrogen-bond acceptors (Lipinski definition) is 8. The van der Waals surface area contributed by atoms with Crippen LogP contribution in [0.15, 0.2) is 109 Å². The molecule has 2 heterocycles. The predicted molar refractivity (Wildman–Crippen MR) is 210 cm³/mol. The van der Waals surface area contributed by atoms with E-state index in [1.807, 2.05) is 69.3 Å². The minimum atomic E-state index is -4.63. The van der Waals surface area contributed by atoms with Gasteiger partial charge in [0.25, 0.3) is 0 Å². The summed E-state index contributed by atoms with van der Waals surface area (Å²) < 4.78 is 88.0. The molecule has 0 saturated carbocycles. The number of carboxylic acids is 2. The highest BCUT2D eigenvalue weighted by atomic mass is 19.4. The summed E-state index contributed by atoms with van der Waals surface area (Å²) in [7, 11) is 1.57. The Kier molecular flexibility index (Phi) is 13.1. The number of aromatic carboxylic acids is 2. The summed E-state index contributed by atoms with van der Waals surface area (Å²) in [6, 6.07) is 23.4. The Morgan fingerprint density at radius 3 is 1.42 bits per heavy atom. The second-order valence-electron chi connectivity index (χ2n) is 12.8. The fraction of sp³-hybridized carbons (Fsp3) is 0.163. The third-order valence-corrected chi connectivity index (χ3v) is 8.63. The number of alkyl halides is 6. The van der Waals surface area contributed by atoms with Crippen LogP contribution in [-0.4, -0.2) is 45.8 Å². The van der Waals surface area contributed by atoms with Crippen molar-refractivity contribution in [3.63, 3.8) is 0 Å². The molecular formula is C43H36F6N4O6. The molecule has 0 amide bonds. The highest BCUT2D eigenvalue weighted by Crippen LogP contribution is 2.35. The van der Waals surface area contributed by atoms with Crippen LogP contribution in [0.3, 0.4) is 0 Å². The summed E-state index contributed by atoms with van der Waals surface area (Å²) in [5.74, 6) is -1.52. The van der Waals surface area contributed by atoms with Gasteiger partial charge in [0.05, 0.1) is 82.5 Å². The lowest BCUT2D eigenvalue weighted by molar-refractivity contribution is -0.138. The zero-order chi connectivity index (χ0) is 43.1. The zero-order valence-corrected chi connectivity index (χ0v) is 31.8. The summed E-state index contributed by atoms with van der Waals surface area (Å²) in [6.07, 6.45) is -6.26. The molecule has 6 aromatic rings. The Hall–Kier alpha value is -7.10. The molecule has 0 bridgehead atoms. The van der Waals surface area contributed by atoms with Crippen molar-refractivity contribution < 1.29 is 55.6 Å². The molecule has 6 rings (SSSR count). The van der Waals surface area contributed by atoms with Crippen LogP contribution in [0.5, 0.6) is 11.5 Å². The van der Waals surface area contributed by atoms with E-state index in [9.17, 15) is 46.1 Å². The fourth-order valence-electron chi connectivity index (χ4n) is 5.88. The summed E-state index contributed by atoms with van der Waals surface area (Å²) in [5.41, 5.74) is 2.72. The van der Waals surface area contributed by atoms with Gasteiger partial charge in [0.2, 0.25) is 0 Å². The molecule has 0 fully saturated rings. The number of carbonyl (C=O) groups is 2. The highest BCUT2D eigenvalue weighted by Gasteiger charge is 2.33. The number of benzene rings is 4. The molecule has 0 aliphatic heterocycles. The van der Waals surface area contributed by atoms with E-state index < -0.39 is 46.5 Å². The predicted octanol–water partition coefficient (Wildman–Crippen LogP) is 11.4. The van der Waals surface area contributed by atoms with Gasteiger partial charge in [-0.3, -0.25) is 9.97 Å². The standard InChI is InChI=1S/C22H19F3N2O3.C21H17F3N2O3/c1-3-30-17-6-4-5-14(10-17)20-13(2)9-16(12-26-20)27-19-8-7-15(22(23,24)25)11-18(19)21(28)29;1-12-8-15(11-25-19(12)13-4-3-5-16(9-13)29-2)26-18-7-6-14(21(22,23)24)10-17(18)20(27)28/h4-12,27H,3H2,1-2H3,(H,28,29);3-11,26H,1-2H3,(H,27,28). The maximum absolute atomic E-state index is 12.9. The first-order chi connectivity index (χ1) is 27.9. The SMILES string of the molecule is CCOc1cccc(-c2ncc(Nc3ccc(C(F)(F)F)cc3C(=O)O)cc2C)c1.COc1cccc(-c2ncc(Nc3ccc(C(F)(F)F)cc3C(=O)O)cc2C)c1. The Labute approximate surface area is 334 Å². The Morgan fingerprint density at radius 1 is 0.627 bits per heavy atom. The lowest BCUT2D eigenvalue weighted by Crippen LogP contribution is -2.09. The van der Waals surface area contributed by atoms with Crippen LogP contribution in [0.1, 0.15) is 49.9 Å². The lowest BCUT2D eigenvalue weighted by Gasteiger charge is -2.14. The van der Waals surface area contributed by atoms with Gasteiger partial charge in [-0.2, -0.15) is 26.3 Å². The maximum atomic E-state index is 12.9. The molecule has 16 heteroatoms. The van der Waals surface area contributed by atoms with Crippen LogP contribution in [0.25, 0.3) is 22.5 Å². The van der Waals surface area contributed by atoms with E-state index in [2.05, 4.69) is 20.6 Å². The largest absolute Gasteiger partial charge is 0.497 e. The number of carboxylic acid groups (broad SMARTS) is 2. The van der Waals surface area contributed by atoms with Gasteiger partial charge in [0.1, 0.15) is 11.5 Å². The molecule has 0 unspecified atom stereocenters. The van der Waals surface area contributed by atoms with E-state index in [1.54, 1.807) is 19.2 Å². The Balaban J connectivity index is 0.000000224. The topological polar surface area (TPSA) is 143 Å². The minimum absolute atomic E-state index is 0.0424. The van der Waals surface area contributed by atoms with E-state index in [0.29, 0.717) is 53.0 Å². The molecule has 0 saturated heterocycles. The molecule has 0 atom stereocenters. The van der Waals surface area contributed by atoms with Crippen molar-refractivity contribution in [2.45, 2.75) is 33.1 Å². The number of hydrogen-bond donors (Lipinski definition) is 4. The van der Waals surface area contributed by atoms with Crippen molar-refractivity contribution >= 4 is 34.7 Å². The number of nitrogens with zero attached hydrogens (tertiary/aromatic N) is 2. The maximum Gasteiger partial charge on any atom is 0.416 e. The number of aromatic nitrogens is 2. The first kappa shape index (κ1) is 43.0. The molecule has 0 radical (unpaired) electrons. The van der Waals surface area contributed by atoms with E-state index in [4.69, 9.17) is 9.47 Å². The summed E-state index contributed by atoms with van der Waals surface area (Å²) >= 11 is 0. The van der Waals surface area contributed by atoms with Crippen molar-refractivity contribution in [2.24, 2.45) is 0 Å². The van der Waals surface area contributed by atoms with Gasteiger partial charge in [-0.25, -0.2) is 9.59 Å². The van der Waals surface area contributed by atoms with E-state index in [-0.39, 0.29) is 11.4 Å². The Bertz CT molecular complexity index is 2490. The van der Waals surface area contributed by atoms with Crippen molar-refractivity contribution in [3.8, 4) is 34.0 Å². The van der Waals surface area contributed by atoms with Crippen LogP contribution >= 0.6 is 0 Å². The number of anilines is 4. The van der Waals surface area contributed by atoms with Crippen molar-refractivity contribution in [1.82, 2.24) is 9.97 Å². The average Bonchev–Trinajstić information content (AvgIpc) is 3.18. The number of pyridine rings is 2. The lowest BCUT2D eigenvalue weighted by atomic mass is 10.1.